The summed E-state index contributed by atoms with van der Waals surface area (Å²) in [6.45, 7) is 2.61. The van der Waals surface area contributed by atoms with Crippen molar-refractivity contribution in [3.8, 4) is 0 Å². The summed E-state index contributed by atoms with van der Waals surface area (Å²) in [5, 5.41) is 14.6. The third-order valence-electron chi connectivity index (χ3n) is 3.24. The number of aliphatic carboxylic acids is 1. The van der Waals surface area contributed by atoms with Crippen LogP contribution in [0.25, 0.3) is 0 Å². The summed E-state index contributed by atoms with van der Waals surface area (Å²) in [5.74, 6) is -0.935. The van der Waals surface area contributed by atoms with Crippen molar-refractivity contribution in [3.05, 3.63) is 0 Å². The van der Waals surface area contributed by atoms with Gasteiger partial charge in [0.05, 0.1) is 0 Å². The van der Waals surface area contributed by atoms with Crippen molar-refractivity contribution in [1.82, 2.24) is 15.5 Å². The maximum atomic E-state index is 11.8. The molecule has 2 amide bonds. The van der Waals surface area contributed by atoms with Gasteiger partial charge in [-0.2, -0.15) is 0 Å². The minimum atomic E-state index is -1.07. The van der Waals surface area contributed by atoms with Gasteiger partial charge in [0.15, 0.2) is 0 Å². The third kappa shape index (κ3) is 3.87. The lowest BCUT2D eigenvalue weighted by Gasteiger charge is -2.27. The number of amides is 2. The summed E-state index contributed by atoms with van der Waals surface area (Å²) >= 11 is 0. The average molecular weight is 257 g/mol. The number of hydrogen-bond donors (Lipinski definition) is 3. The predicted molar refractivity (Wildman–Crippen MR) is 68.5 cm³/mol. The molecule has 0 saturated heterocycles. The summed E-state index contributed by atoms with van der Waals surface area (Å²) in [6, 6.07) is -0.416. The molecule has 18 heavy (non-hydrogen) atoms. The van der Waals surface area contributed by atoms with Crippen LogP contribution in [0.2, 0.25) is 0 Å². The van der Waals surface area contributed by atoms with Crippen molar-refractivity contribution in [2.45, 2.75) is 44.2 Å². The molecule has 0 bridgehead atoms. The SMILES string of the molecule is CC(CN(C)C)NC(=O)NC1(C(=O)O)CCCC1. The number of likely N-dealkylation sites (N-methyl/N-ethyl adjacent to an activating group) is 1. The fourth-order valence-corrected chi connectivity index (χ4v) is 2.44. The second-order valence-corrected chi connectivity index (χ2v) is 5.36. The molecule has 1 unspecified atom stereocenters. The second kappa shape index (κ2) is 6.04. The van der Waals surface area contributed by atoms with Crippen molar-refractivity contribution in [3.63, 3.8) is 0 Å². The summed E-state index contributed by atoms with van der Waals surface area (Å²) in [6.07, 6.45) is 2.72. The Balaban J connectivity index is 2.50. The van der Waals surface area contributed by atoms with E-state index < -0.39 is 17.5 Å². The average Bonchev–Trinajstić information content (AvgIpc) is 2.65. The fourth-order valence-electron chi connectivity index (χ4n) is 2.44. The van der Waals surface area contributed by atoms with E-state index in [0.29, 0.717) is 19.4 Å². The van der Waals surface area contributed by atoms with Gasteiger partial charge < -0.3 is 20.6 Å². The maximum Gasteiger partial charge on any atom is 0.329 e. The van der Waals surface area contributed by atoms with E-state index in [2.05, 4.69) is 10.6 Å². The number of carbonyl (C=O) groups is 2. The molecule has 0 heterocycles. The van der Waals surface area contributed by atoms with E-state index in [-0.39, 0.29) is 6.04 Å². The first-order valence-electron chi connectivity index (χ1n) is 6.32. The molecule has 0 aromatic rings. The molecular weight excluding hydrogens is 234 g/mol. The Hall–Kier alpha value is -1.30. The van der Waals surface area contributed by atoms with Gasteiger partial charge in [0.2, 0.25) is 0 Å². The summed E-state index contributed by atoms with van der Waals surface area (Å²) < 4.78 is 0. The number of nitrogens with zero attached hydrogens (tertiary/aromatic N) is 1. The highest BCUT2D eigenvalue weighted by Gasteiger charge is 2.42. The Morgan fingerprint density at radius 2 is 1.89 bits per heavy atom. The van der Waals surface area contributed by atoms with Gasteiger partial charge in [0, 0.05) is 12.6 Å². The highest BCUT2D eigenvalue weighted by molar-refractivity contribution is 5.86. The van der Waals surface area contributed by atoms with E-state index in [1.807, 2.05) is 25.9 Å². The molecule has 0 aromatic heterocycles. The van der Waals surface area contributed by atoms with Crippen molar-refractivity contribution < 1.29 is 14.7 Å². The topological polar surface area (TPSA) is 81.7 Å². The summed E-state index contributed by atoms with van der Waals surface area (Å²) in [7, 11) is 3.84. The Bertz CT molecular complexity index is 312. The molecule has 0 aromatic carbocycles. The summed E-state index contributed by atoms with van der Waals surface area (Å²) in [4.78, 5) is 25.0. The molecule has 3 N–H and O–H groups in total. The molecule has 1 fully saturated rings. The van der Waals surface area contributed by atoms with Crippen molar-refractivity contribution in [1.29, 1.82) is 0 Å². The molecule has 1 atom stereocenters. The first-order chi connectivity index (χ1) is 8.35. The number of urea groups is 1. The van der Waals surface area contributed by atoms with Crippen LogP contribution in [0.1, 0.15) is 32.6 Å². The number of carbonyl (C=O) groups excluding carboxylic acids is 1. The molecule has 6 nitrogen and oxygen atoms in total. The van der Waals surface area contributed by atoms with Crippen molar-refractivity contribution in [2.24, 2.45) is 0 Å². The monoisotopic (exact) mass is 257 g/mol. The number of hydrogen-bond acceptors (Lipinski definition) is 3. The minimum absolute atomic E-state index is 0.0211. The van der Waals surface area contributed by atoms with Crippen LogP contribution in [0.3, 0.4) is 0 Å². The molecule has 1 aliphatic rings. The van der Waals surface area contributed by atoms with Gasteiger partial charge >= 0.3 is 12.0 Å². The van der Waals surface area contributed by atoms with Gasteiger partial charge in [-0.25, -0.2) is 9.59 Å². The lowest BCUT2D eigenvalue weighted by molar-refractivity contribution is -0.144. The number of carboxylic acid groups (broad SMARTS) is 1. The standard InChI is InChI=1S/C12H23N3O3/c1-9(8-15(2)3)13-11(18)14-12(10(16)17)6-4-5-7-12/h9H,4-8H2,1-3H3,(H,16,17)(H2,13,14,18). The van der Waals surface area contributed by atoms with Gasteiger partial charge in [-0.05, 0) is 33.9 Å². The molecule has 1 saturated carbocycles. The molecule has 0 aliphatic heterocycles. The van der Waals surface area contributed by atoms with Gasteiger partial charge in [-0.1, -0.05) is 12.8 Å². The molecule has 0 radical (unpaired) electrons. The zero-order valence-corrected chi connectivity index (χ0v) is 11.3. The molecule has 1 rings (SSSR count). The van der Waals surface area contributed by atoms with Crippen LogP contribution in [0.15, 0.2) is 0 Å². The Morgan fingerprint density at radius 1 is 1.33 bits per heavy atom. The first kappa shape index (κ1) is 14.8. The Labute approximate surface area is 108 Å². The van der Waals surface area contributed by atoms with E-state index >= 15 is 0 Å². The highest BCUT2D eigenvalue weighted by Crippen LogP contribution is 2.29. The van der Waals surface area contributed by atoms with Crippen LogP contribution in [-0.4, -0.2) is 54.2 Å². The van der Waals surface area contributed by atoms with Crippen molar-refractivity contribution >= 4 is 12.0 Å². The van der Waals surface area contributed by atoms with E-state index in [1.54, 1.807) is 0 Å². The van der Waals surface area contributed by atoms with E-state index in [9.17, 15) is 14.7 Å². The molecule has 0 spiro atoms. The van der Waals surface area contributed by atoms with Gasteiger partial charge in [-0.3, -0.25) is 0 Å². The van der Waals surface area contributed by atoms with Crippen LogP contribution in [0, 0.1) is 0 Å². The normalized spacial score (nSPS) is 19.6. The van der Waals surface area contributed by atoms with Crippen LogP contribution < -0.4 is 10.6 Å². The van der Waals surface area contributed by atoms with Crippen molar-refractivity contribution in [2.75, 3.05) is 20.6 Å². The fraction of sp³-hybridized carbons (Fsp3) is 0.833. The Kier molecular flexibility index (Phi) is 4.95. The first-order valence-corrected chi connectivity index (χ1v) is 6.32. The quantitative estimate of drug-likeness (QED) is 0.675. The van der Waals surface area contributed by atoms with Crippen LogP contribution >= 0.6 is 0 Å². The second-order valence-electron chi connectivity index (χ2n) is 5.36. The smallest absolute Gasteiger partial charge is 0.329 e. The van der Waals surface area contributed by atoms with Gasteiger partial charge in [0.1, 0.15) is 5.54 Å². The largest absolute Gasteiger partial charge is 0.480 e. The molecule has 104 valence electrons. The van der Waals surface area contributed by atoms with E-state index in [1.165, 1.54) is 0 Å². The van der Waals surface area contributed by atoms with E-state index in [4.69, 9.17) is 0 Å². The Morgan fingerprint density at radius 3 is 2.33 bits per heavy atom. The van der Waals surface area contributed by atoms with Gasteiger partial charge in [0.25, 0.3) is 0 Å². The molecule has 6 heteroatoms. The lowest BCUT2D eigenvalue weighted by Crippen LogP contribution is -2.57. The van der Waals surface area contributed by atoms with Gasteiger partial charge in [-0.15, -0.1) is 0 Å². The number of carboxylic acids is 1. The number of nitrogens with one attached hydrogen (secondary N) is 2. The lowest BCUT2D eigenvalue weighted by atomic mass is 9.98. The highest BCUT2D eigenvalue weighted by atomic mass is 16.4. The number of rotatable bonds is 5. The summed E-state index contributed by atoms with van der Waals surface area (Å²) in [5.41, 5.74) is -1.07. The molecular formula is C12H23N3O3. The minimum Gasteiger partial charge on any atom is -0.480 e. The zero-order chi connectivity index (χ0) is 13.8. The maximum absolute atomic E-state index is 11.8. The molecule has 1 aliphatic carbocycles. The zero-order valence-electron chi connectivity index (χ0n) is 11.3. The van der Waals surface area contributed by atoms with E-state index in [0.717, 1.165) is 12.8 Å². The van der Waals surface area contributed by atoms with Crippen LogP contribution in [0.4, 0.5) is 4.79 Å². The van der Waals surface area contributed by atoms with Crippen LogP contribution in [-0.2, 0) is 4.79 Å². The predicted octanol–water partition coefficient (Wildman–Crippen LogP) is 0.633. The third-order valence-corrected chi connectivity index (χ3v) is 3.24. The van der Waals surface area contributed by atoms with Crippen LogP contribution in [0.5, 0.6) is 0 Å².